The second-order valence-electron chi connectivity index (χ2n) is 8.78. The Labute approximate surface area is 180 Å². The lowest BCUT2D eigenvalue weighted by Crippen LogP contribution is -2.38. The molecule has 0 N–H and O–H groups in total. The van der Waals surface area contributed by atoms with E-state index >= 15 is 0 Å². The molecule has 0 aromatic heterocycles. The number of rotatable bonds is 7. The van der Waals surface area contributed by atoms with E-state index in [1.54, 1.807) is 18.2 Å². The van der Waals surface area contributed by atoms with Crippen molar-refractivity contribution < 1.29 is 14.3 Å². The number of Topliss-reactive ketones (excluding diaryl/α,β-unsaturated/α-hetero) is 1. The molecule has 3 rings (SSSR count). The Hall–Kier alpha value is -2.68. The molecule has 2 aromatic carbocycles. The van der Waals surface area contributed by atoms with Crippen LogP contribution in [-0.4, -0.2) is 17.9 Å². The van der Waals surface area contributed by atoms with Crippen molar-refractivity contribution in [3.63, 3.8) is 0 Å². The molecule has 0 spiro atoms. The zero-order chi connectivity index (χ0) is 21.5. The standard InChI is InChI=1S/C27H32O3/c1-19(2)23-16-14-20(3)18-25(23)30-27(29)24(17-15-21-10-6-4-7-11-21)26(28)22-12-8-5-9-13-22/h4-13,15,17,19-20,23-25H,14,16,18H2,1-3H3/b17-15-/t20-,23-,24-,25-/m1/s1. The van der Waals surface area contributed by atoms with Gasteiger partial charge in [-0.15, -0.1) is 0 Å². The van der Waals surface area contributed by atoms with E-state index in [9.17, 15) is 9.59 Å². The normalized spacial score (nSPS) is 22.7. The molecule has 158 valence electrons. The summed E-state index contributed by atoms with van der Waals surface area (Å²) in [5.41, 5.74) is 1.47. The Morgan fingerprint density at radius 1 is 0.967 bits per heavy atom. The van der Waals surface area contributed by atoms with Crippen molar-refractivity contribution >= 4 is 17.8 Å². The number of ether oxygens (including phenoxy) is 1. The van der Waals surface area contributed by atoms with Gasteiger partial charge in [0.25, 0.3) is 0 Å². The van der Waals surface area contributed by atoms with Crippen LogP contribution < -0.4 is 0 Å². The zero-order valence-electron chi connectivity index (χ0n) is 18.2. The minimum absolute atomic E-state index is 0.127. The van der Waals surface area contributed by atoms with Crippen molar-refractivity contribution in [1.29, 1.82) is 0 Å². The van der Waals surface area contributed by atoms with Gasteiger partial charge < -0.3 is 4.74 Å². The van der Waals surface area contributed by atoms with Crippen LogP contribution in [0, 0.1) is 23.7 Å². The van der Waals surface area contributed by atoms with Crippen LogP contribution in [0.5, 0.6) is 0 Å². The first kappa shape index (κ1) is 22.0. The molecule has 1 aliphatic rings. The minimum Gasteiger partial charge on any atom is -0.461 e. The van der Waals surface area contributed by atoms with Crippen LogP contribution in [0.4, 0.5) is 0 Å². The lowest BCUT2D eigenvalue weighted by Gasteiger charge is -2.37. The Kier molecular flexibility index (Phi) is 7.62. The molecule has 0 heterocycles. The second kappa shape index (κ2) is 10.4. The monoisotopic (exact) mass is 404 g/mol. The summed E-state index contributed by atoms with van der Waals surface area (Å²) in [7, 11) is 0. The van der Waals surface area contributed by atoms with E-state index in [0.717, 1.165) is 24.8 Å². The van der Waals surface area contributed by atoms with Crippen LogP contribution in [0.2, 0.25) is 0 Å². The second-order valence-corrected chi connectivity index (χ2v) is 8.78. The maximum Gasteiger partial charge on any atom is 0.321 e. The molecule has 30 heavy (non-hydrogen) atoms. The molecule has 1 fully saturated rings. The first-order valence-corrected chi connectivity index (χ1v) is 11.0. The molecule has 0 saturated heterocycles. The van der Waals surface area contributed by atoms with Crippen molar-refractivity contribution in [2.24, 2.45) is 23.7 Å². The first-order valence-electron chi connectivity index (χ1n) is 11.0. The van der Waals surface area contributed by atoms with Crippen LogP contribution in [0.15, 0.2) is 66.7 Å². The van der Waals surface area contributed by atoms with Crippen molar-refractivity contribution in [2.75, 3.05) is 0 Å². The predicted octanol–water partition coefficient (Wildman–Crippen LogP) is 6.20. The number of hydrogen-bond donors (Lipinski definition) is 0. The van der Waals surface area contributed by atoms with E-state index in [0.29, 0.717) is 23.3 Å². The van der Waals surface area contributed by atoms with Crippen molar-refractivity contribution in [3.8, 4) is 0 Å². The molecule has 0 aliphatic heterocycles. The lowest BCUT2D eigenvalue weighted by molar-refractivity contribution is -0.157. The highest BCUT2D eigenvalue weighted by Gasteiger charge is 2.36. The molecule has 2 aromatic rings. The summed E-state index contributed by atoms with van der Waals surface area (Å²) >= 11 is 0. The van der Waals surface area contributed by atoms with E-state index in [4.69, 9.17) is 4.74 Å². The van der Waals surface area contributed by atoms with Gasteiger partial charge in [-0.25, -0.2) is 0 Å². The molecule has 0 radical (unpaired) electrons. The maximum atomic E-state index is 13.2. The fourth-order valence-corrected chi connectivity index (χ4v) is 4.30. The van der Waals surface area contributed by atoms with Crippen LogP contribution >= 0.6 is 0 Å². The van der Waals surface area contributed by atoms with E-state index in [1.165, 1.54) is 0 Å². The topological polar surface area (TPSA) is 43.4 Å². The third-order valence-corrected chi connectivity index (χ3v) is 6.10. The molecule has 3 nitrogen and oxygen atoms in total. The molecule has 3 heteroatoms. The largest absolute Gasteiger partial charge is 0.461 e. The molecule has 1 aliphatic carbocycles. The Balaban J connectivity index is 1.84. The highest BCUT2D eigenvalue weighted by Crippen LogP contribution is 2.36. The third-order valence-electron chi connectivity index (χ3n) is 6.10. The molecule has 4 atom stereocenters. The van der Waals surface area contributed by atoms with Crippen LogP contribution in [0.3, 0.4) is 0 Å². The molecular weight excluding hydrogens is 372 g/mol. The highest BCUT2D eigenvalue weighted by molar-refractivity contribution is 6.10. The number of esters is 1. The summed E-state index contributed by atoms with van der Waals surface area (Å²) < 4.78 is 6.02. The molecule has 1 saturated carbocycles. The molecular formula is C27H32O3. The summed E-state index contributed by atoms with van der Waals surface area (Å²) in [5.74, 6) is -0.300. The number of ketones is 1. The van der Waals surface area contributed by atoms with Gasteiger partial charge in [-0.2, -0.15) is 0 Å². The number of benzene rings is 2. The summed E-state index contributed by atoms with van der Waals surface area (Å²) in [6, 6.07) is 18.7. The van der Waals surface area contributed by atoms with Crippen LogP contribution in [-0.2, 0) is 9.53 Å². The molecule has 0 unspecified atom stereocenters. The van der Waals surface area contributed by atoms with Crippen molar-refractivity contribution in [2.45, 2.75) is 46.1 Å². The van der Waals surface area contributed by atoms with E-state index < -0.39 is 11.9 Å². The van der Waals surface area contributed by atoms with Crippen molar-refractivity contribution in [3.05, 3.63) is 77.9 Å². The predicted molar refractivity (Wildman–Crippen MR) is 121 cm³/mol. The SMILES string of the molecule is CC(C)[C@H]1CC[C@@H](C)C[C@H]1OC(=O)[C@H](/C=C\c1ccccc1)C(=O)c1ccccc1. The maximum absolute atomic E-state index is 13.2. The van der Waals surface area contributed by atoms with Gasteiger partial charge in [0.1, 0.15) is 12.0 Å². The average molecular weight is 405 g/mol. The van der Waals surface area contributed by atoms with E-state index in [1.807, 2.05) is 54.6 Å². The lowest BCUT2D eigenvalue weighted by atomic mass is 9.75. The highest BCUT2D eigenvalue weighted by atomic mass is 16.5. The van der Waals surface area contributed by atoms with Crippen molar-refractivity contribution in [1.82, 2.24) is 0 Å². The van der Waals surface area contributed by atoms with Gasteiger partial charge in [0.15, 0.2) is 5.78 Å². The van der Waals surface area contributed by atoms with E-state index in [-0.39, 0.29) is 11.9 Å². The van der Waals surface area contributed by atoms with Gasteiger partial charge >= 0.3 is 5.97 Å². The number of hydrogen-bond acceptors (Lipinski definition) is 3. The summed E-state index contributed by atoms with van der Waals surface area (Å²) in [5, 5.41) is 0. The van der Waals surface area contributed by atoms with Gasteiger partial charge in [-0.05, 0) is 36.2 Å². The summed E-state index contributed by atoms with van der Waals surface area (Å²) in [6.45, 7) is 6.58. The summed E-state index contributed by atoms with van der Waals surface area (Å²) in [4.78, 5) is 26.4. The van der Waals surface area contributed by atoms with Gasteiger partial charge in [0, 0.05) is 5.56 Å². The third kappa shape index (κ3) is 5.69. The minimum atomic E-state index is -0.947. The number of carbonyl (C=O) groups excluding carboxylic acids is 2. The quantitative estimate of drug-likeness (QED) is 0.313. The number of carbonyl (C=O) groups is 2. The Morgan fingerprint density at radius 2 is 1.60 bits per heavy atom. The Bertz CT molecular complexity index is 854. The molecule has 0 bridgehead atoms. The van der Waals surface area contributed by atoms with Gasteiger partial charge in [-0.1, -0.05) is 100 Å². The van der Waals surface area contributed by atoms with Gasteiger partial charge in [-0.3, -0.25) is 9.59 Å². The smallest absolute Gasteiger partial charge is 0.321 e. The zero-order valence-corrected chi connectivity index (χ0v) is 18.2. The summed E-state index contributed by atoms with van der Waals surface area (Å²) in [6.07, 6.45) is 6.48. The first-order chi connectivity index (χ1) is 14.5. The van der Waals surface area contributed by atoms with Crippen LogP contribution in [0.1, 0.15) is 56.0 Å². The van der Waals surface area contributed by atoms with Gasteiger partial charge in [0.05, 0.1) is 0 Å². The fourth-order valence-electron chi connectivity index (χ4n) is 4.30. The Morgan fingerprint density at radius 3 is 2.23 bits per heavy atom. The van der Waals surface area contributed by atoms with E-state index in [2.05, 4.69) is 20.8 Å². The fraction of sp³-hybridized carbons (Fsp3) is 0.407. The van der Waals surface area contributed by atoms with Crippen LogP contribution in [0.25, 0.3) is 6.08 Å². The average Bonchev–Trinajstić information content (AvgIpc) is 2.75. The van der Waals surface area contributed by atoms with Gasteiger partial charge in [0.2, 0.25) is 0 Å². The molecule has 0 amide bonds.